The largest absolute Gasteiger partial charge is 0.473 e. The molecule has 1 aliphatic heterocycles. The van der Waals surface area contributed by atoms with E-state index in [4.69, 9.17) is 19.8 Å². The van der Waals surface area contributed by atoms with Crippen LogP contribution in [0.25, 0.3) is 0 Å². The molecule has 1 aliphatic rings. The zero-order valence-electron chi connectivity index (χ0n) is 15.9. The van der Waals surface area contributed by atoms with E-state index < -0.39 is 22.0 Å². The number of carboxylic acid groups (broad SMARTS) is 2. The fraction of sp³-hybridized carbons (Fsp3) is 0.500. The number of carbonyl (C=O) groups excluding carboxylic acids is 1. The number of aliphatic carboxylic acids is 2. The highest BCUT2D eigenvalue weighted by Gasteiger charge is 2.28. The molecule has 1 fully saturated rings. The van der Waals surface area contributed by atoms with Crippen molar-refractivity contribution in [2.45, 2.75) is 26.0 Å². The highest BCUT2D eigenvalue weighted by Crippen LogP contribution is 2.15. The maximum Gasteiger partial charge on any atom is 0.414 e. The van der Waals surface area contributed by atoms with Gasteiger partial charge in [-0.1, -0.05) is 44.2 Å². The summed E-state index contributed by atoms with van der Waals surface area (Å²) in [7, 11) is -3.31. The molecule has 0 radical (unpaired) electrons. The molecule has 0 spiro atoms. The first-order valence-corrected chi connectivity index (χ1v) is 10.4. The van der Waals surface area contributed by atoms with Gasteiger partial charge in [-0.05, 0) is 11.5 Å². The van der Waals surface area contributed by atoms with Crippen LogP contribution in [0, 0.1) is 5.92 Å². The van der Waals surface area contributed by atoms with Gasteiger partial charge in [0.25, 0.3) is 0 Å². The van der Waals surface area contributed by atoms with Crippen LogP contribution in [0.4, 0.5) is 0 Å². The average molecular weight is 414 g/mol. The normalized spacial score (nSPS) is 14.9. The number of rotatable bonds is 5. The third-order valence-electron chi connectivity index (χ3n) is 3.94. The highest BCUT2D eigenvalue weighted by atomic mass is 32.2. The summed E-state index contributed by atoms with van der Waals surface area (Å²) >= 11 is 0. The minimum absolute atomic E-state index is 0.0216. The molecule has 1 heterocycles. The SMILES string of the molecule is CC(C)CC(=O)N1CCN(S(=O)(=O)Cc2ccccc2)CC1.O=C(O)C(=O)O. The van der Waals surface area contributed by atoms with Crippen LogP contribution >= 0.6 is 0 Å². The Morgan fingerprint density at radius 2 is 1.46 bits per heavy atom. The van der Waals surface area contributed by atoms with Crippen molar-refractivity contribution in [1.82, 2.24) is 9.21 Å². The predicted octanol–water partition coefficient (Wildman–Crippen LogP) is 0.862. The van der Waals surface area contributed by atoms with Gasteiger partial charge in [0.2, 0.25) is 15.9 Å². The van der Waals surface area contributed by atoms with Crippen LogP contribution in [-0.2, 0) is 30.2 Å². The Balaban J connectivity index is 0.000000568. The zero-order valence-corrected chi connectivity index (χ0v) is 16.8. The number of benzene rings is 1. The first-order valence-electron chi connectivity index (χ1n) is 8.78. The summed E-state index contributed by atoms with van der Waals surface area (Å²) in [6.07, 6.45) is 0.525. The standard InChI is InChI=1S/C16H24N2O3S.C2H2O4/c1-14(2)12-16(19)17-8-10-18(11-9-17)22(20,21)13-15-6-4-3-5-7-15;3-1(4)2(5)6/h3-7,14H,8-13H2,1-2H3;(H,3,4)(H,5,6). The molecule has 0 saturated carbocycles. The molecule has 9 nitrogen and oxygen atoms in total. The lowest BCUT2D eigenvalue weighted by Gasteiger charge is -2.34. The molecule has 0 unspecified atom stereocenters. The molecule has 2 N–H and O–H groups in total. The Bertz CT molecular complexity index is 758. The molecule has 1 aromatic rings. The van der Waals surface area contributed by atoms with E-state index in [2.05, 4.69) is 0 Å². The van der Waals surface area contributed by atoms with E-state index in [0.717, 1.165) is 5.56 Å². The van der Waals surface area contributed by atoms with Gasteiger partial charge in [-0.2, -0.15) is 4.31 Å². The van der Waals surface area contributed by atoms with Gasteiger partial charge >= 0.3 is 11.9 Å². The van der Waals surface area contributed by atoms with Crippen molar-refractivity contribution in [3.8, 4) is 0 Å². The molecule has 0 bridgehead atoms. The van der Waals surface area contributed by atoms with Gasteiger partial charge in [0.1, 0.15) is 0 Å². The molecule has 0 aliphatic carbocycles. The summed E-state index contributed by atoms with van der Waals surface area (Å²) < 4.78 is 26.4. The van der Waals surface area contributed by atoms with Crippen LogP contribution in [0.1, 0.15) is 25.8 Å². The molecule has 10 heteroatoms. The summed E-state index contributed by atoms with van der Waals surface area (Å²) in [6.45, 7) is 5.77. The molecule has 1 amide bonds. The first kappa shape index (κ1) is 23.6. The molecule has 1 saturated heterocycles. The van der Waals surface area contributed by atoms with Crippen molar-refractivity contribution in [2.75, 3.05) is 26.2 Å². The van der Waals surface area contributed by atoms with Gasteiger partial charge in [-0.25, -0.2) is 18.0 Å². The van der Waals surface area contributed by atoms with Crippen LogP contribution in [0.3, 0.4) is 0 Å². The van der Waals surface area contributed by atoms with Crippen LogP contribution in [0.15, 0.2) is 30.3 Å². The van der Waals surface area contributed by atoms with Gasteiger partial charge in [-0.3, -0.25) is 4.79 Å². The van der Waals surface area contributed by atoms with Crippen molar-refractivity contribution in [2.24, 2.45) is 5.92 Å². The molecule has 0 aromatic heterocycles. The number of carbonyl (C=O) groups is 3. The zero-order chi connectivity index (χ0) is 21.3. The van der Waals surface area contributed by atoms with E-state index >= 15 is 0 Å². The van der Waals surface area contributed by atoms with E-state index in [9.17, 15) is 13.2 Å². The number of hydrogen-bond donors (Lipinski definition) is 2. The Morgan fingerprint density at radius 1 is 0.964 bits per heavy atom. The lowest BCUT2D eigenvalue weighted by molar-refractivity contribution is -0.159. The highest BCUT2D eigenvalue weighted by molar-refractivity contribution is 7.88. The minimum Gasteiger partial charge on any atom is -0.473 e. The summed E-state index contributed by atoms with van der Waals surface area (Å²) in [4.78, 5) is 32.0. The summed E-state index contributed by atoms with van der Waals surface area (Å²) in [6, 6.07) is 9.19. The number of hydrogen-bond acceptors (Lipinski definition) is 5. The quantitative estimate of drug-likeness (QED) is 0.683. The lowest BCUT2D eigenvalue weighted by atomic mass is 10.1. The van der Waals surface area contributed by atoms with Gasteiger partial charge in [0, 0.05) is 32.6 Å². The molecule has 0 atom stereocenters. The van der Waals surface area contributed by atoms with E-state index in [-0.39, 0.29) is 11.7 Å². The third kappa shape index (κ3) is 8.05. The van der Waals surface area contributed by atoms with Crippen molar-refractivity contribution < 1.29 is 33.0 Å². The number of sulfonamides is 1. The third-order valence-corrected chi connectivity index (χ3v) is 5.79. The van der Waals surface area contributed by atoms with Gasteiger partial charge in [0.15, 0.2) is 0 Å². The van der Waals surface area contributed by atoms with E-state index in [0.29, 0.717) is 38.5 Å². The second-order valence-electron chi connectivity index (χ2n) is 6.73. The van der Waals surface area contributed by atoms with E-state index in [1.165, 1.54) is 4.31 Å². The summed E-state index contributed by atoms with van der Waals surface area (Å²) in [5.74, 6) is -3.18. The Kier molecular flexibility index (Phi) is 9.07. The predicted molar refractivity (Wildman–Crippen MR) is 102 cm³/mol. The molecule has 28 heavy (non-hydrogen) atoms. The Hall–Kier alpha value is -2.46. The molecular weight excluding hydrogens is 388 g/mol. The molecule has 156 valence electrons. The fourth-order valence-corrected chi connectivity index (χ4v) is 4.09. The first-order chi connectivity index (χ1) is 13.0. The monoisotopic (exact) mass is 414 g/mol. The second kappa shape index (κ2) is 10.8. The van der Waals surface area contributed by atoms with Crippen LogP contribution in [-0.4, -0.2) is 71.9 Å². The summed E-state index contributed by atoms with van der Waals surface area (Å²) in [5.41, 5.74) is 0.792. The van der Waals surface area contributed by atoms with Crippen molar-refractivity contribution in [1.29, 1.82) is 0 Å². The Labute approximate surface area is 164 Å². The fourth-order valence-electron chi connectivity index (χ4n) is 2.57. The number of piperazine rings is 1. The van der Waals surface area contributed by atoms with Gasteiger partial charge in [0.05, 0.1) is 5.75 Å². The van der Waals surface area contributed by atoms with Crippen LogP contribution in [0.2, 0.25) is 0 Å². The van der Waals surface area contributed by atoms with Crippen LogP contribution in [0.5, 0.6) is 0 Å². The van der Waals surface area contributed by atoms with Crippen molar-refractivity contribution >= 4 is 27.9 Å². The lowest BCUT2D eigenvalue weighted by Crippen LogP contribution is -2.50. The van der Waals surface area contributed by atoms with Crippen molar-refractivity contribution in [3.05, 3.63) is 35.9 Å². The Morgan fingerprint density at radius 3 is 1.89 bits per heavy atom. The second-order valence-corrected chi connectivity index (χ2v) is 8.70. The minimum atomic E-state index is -3.31. The van der Waals surface area contributed by atoms with E-state index in [1.54, 1.807) is 4.90 Å². The molecular formula is C18H26N2O7S. The number of amides is 1. The van der Waals surface area contributed by atoms with Gasteiger partial charge < -0.3 is 15.1 Å². The van der Waals surface area contributed by atoms with Crippen molar-refractivity contribution in [3.63, 3.8) is 0 Å². The maximum absolute atomic E-state index is 12.4. The molecule has 2 rings (SSSR count). The average Bonchev–Trinajstić information content (AvgIpc) is 2.62. The van der Waals surface area contributed by atoms with Gasteiger partial charge in [-0.15, -0.1) is 0 Å². The number of nitrogens with zero attached hydrogens (tertiary/aromatic N) is 2. The maximum atomic E-state index is 12.4. The van der Waals surface area contributed by atoms with Crippen LogP contribution < -0.4 is 0 Å². The summed E-state index contributed by atoms with van der Waals surface area (Å²) in [5, 5.41) is 14.8. The topological polar surface area (TPSA) is 132 Å². The number of carboxylic acids is 2. The van der Waals surface area contributed by atoms with E-state index in [1.807, 2.05) is 44.2 Å². The molecule has 1 aromatic carbocycles. The smallest absolute Gasteiger partial charge is 0.414 e.